The van der Waals surface area contributed by atoms with Gasteiger partial charge in [-0.15, -0.1) is 0 Å². The molecule has 1 aliphatic heterocycles. The van der Waals surface area contributed by atoms with Gasteiger partial charge in [-0.2, -0.15) is 4.31 Å². The third-order valence-corrected chi connectivity index (χ3v) is 5.86. The van der Waals surface area contributed by atoms with Gasteiger partial charge in [0.2, 0.25) is 10.0 Å². The normalized spacial score (nSPS) is 18.9. The molecule has 0 saturated carbocycles. The number of sulfonamides is 1. The number of unbranched alkanes of at least 4 members (excludes halogenated alkanes) is 2. The molecule has 1 heterocycles. The molecule has 6 nitrogen and oxygen atoms in total. The number of benzene rings is 1. The minimum atomic E-state index is -3.78. The molecule has 1 N–H and O–H groups in total. The maximum atomic E-state index is 12.6. The average Bonchev–Trinajstić information content (AvgIpc) is 3.03. The van der Waals surface area contributed by atoms with Gasteiger partial charge < -0.3 is 9.84 Å². The second kappa shape index (κ2) is 7.79. The molecule has 1 unspecified atom stereocenters. The topological polar surface area (TPSA) is 83.9 Å². The smallest absolute Gasteiger partial charge is 0.322 e. The largest absolute Gasteiger partial charge is 0.494 e. The Morgan fingerprint density at radius 1 is 1.30 bits per heavy atom. The Morgan fingerprint density at radius 2 is 2.00 bits per heavy atom. The lowest BCUT2D eigenvalue weighted by atomic mass is 10.2. The van der Waals surface area contributed by atoms with Crippen molar-refractivity contribution in [2.45, 2.75) is 50.0 Å². The minimum Gasteiger partial charge on any atom is -0.494 e. The fourth-order valence-corrected chi connectivity index (χ4v) is 4.31. The van der Waals surface area contributed by atoms with Crippen molar-refractivity contribution in [2.24, 2.45) is 0 Å². The first-order chi connectivity index (χ1) is 11.0. The van der Waals surface area contributed by atoms with Gasteiger partial charge in [0.25, 0.3) is 0 Å². The number of carbonyl (C=O) groups is 1. The highest BCUT2D eigenvalue weighted by Crippen LogP contribution is 2.27. The van der Waals surface area contributed by atoms with E-state index in [4.69, 9.17) is 9.84 Å². The highest BCUT2D eigenvalue weighted by Gasteiger charge is 2.39. The van der Waals surface area contributed by atoms with Gasteiger partial charge in [-0.3, -0.25) is 4.79 Å². The van der Waals surface area contributed by atoms with Crippen LogP contribution < -0.4 is 4.74 Å². The van der Waals surface area contributed by atoms with E-state index in [2.05, 4.69) is 6.92 Å². The fraction of sp³-hybridized carbons (Fsp3) is 0.562. The fourth-order valence-electron chi connectivity index (χ4n) is 2.66. The number of nitrogens with zero attached hydrogens (tertiary/aromatic N) is 1. The number of aliphatic carboxylic acids is 1. The van der Waals surface area contributed by atoms with Gasteiger partial charge in [0.1, 0.15) is 11.8 Å². The van der Waals surface area contributed by atoms with E-state index in [1.54, 1.807) is 12.1 Å². The Kier molecular flexibility index (Phi) is 6.01. The van der Waals surface area contributed by atoms with Crippen molar-refractivity contribution in [3.05, 3.63) is 24.3 Å². The summed E-state index contributed by atoms with van der Waals surface area (Å²) in [6.45, 7) is 2.96. The van der Waals surface area contributed by atoms with Crippen molar-refractivity contribution >= 4 is 16.0 Å². The maximum Gasteiger partial charge on any atom is 0.322 e. The van der Waals surface area contributed by atoms with Crippen molar-refractivity contribution in [3.63, 3.8) is 0 Å². The molecule has 23 heavy (non-hydrogen) atoms. The van der Waals surface area contributed by atoms with E-state index in [-0.39, 0.29) is 11.4 Å². The van der Waals surface area contributed by atoms with E-state index >= 15 is 0 Å². The Balaban J connectivity index is 2.07. The third-order valence-electron chi connectivity index (χ3n) is 3.94. The molecule has 0 radical (unpaired) electrons. The van der Waals surface area contributed by atoms with Crippen LogP contribution in [0.25, 0.3) is 0 Å². The molecule has 0 amide bonds. The van der Waals surface area contributed by atoms with Crippen LogP contribution in [0.2, 0.25) is 0 Å². The number of carboxylic acid groups (broad SMARTS) is 1. The number of hydrogen-bond acceptors (Lipinski definition) is 4. The van der Waals surface area contributed by atoms with Crippen molar-refractivity contribution < 1.29 is 23.1 Å². The monoisotopic (exact) mass is 341 g/mol. The van der Waals surface area contributed by atoms with Crippen LogP contribution in [0.1, 0.15) is 39.0 Å². The SMILES string of the molecule is CCCCCOc1ccc(S(=O)(=O)N2CCCC2C(=O)O)cc1. The summed E-state index contributed by atoms with van der Waals surface area (Å²) in [6, 6.07) is 5.21. The van der Waals surface area contributed by atoms with Gasteiger partial charge in [0.15, 0.2) is 0 Å². The van der Waals surface area contributed by atoms with Gasteiger partial charge in [0.05, 0.1) is 11.5 Å². The van der Waals surface area contributed by atoms with Gasteiger partial charge in [-0.05, 0) is 43.5 Å². The van der Waals surface area contributed by atoms with Crippen LogP contribution in [0.3, 0.4) is 0 Å². The Morgan fingerprint density at radius 3 is 2.61 bits per heavy atom. The summed E-state index contributed by atoms with van der Waals surface area (Å²) in [5.41, 5.74) is 0. The highest BCUT2D eigenvalue weighted by molar-refractivity contribution is 7.89. The van der Waals surface area contributed by atoms with Gasteiger partial charge in [0, 0.05) is 6.54 Å². The Hall–Kier alpha value is -1.60. The summed E-state index contributed by atoms with van der Waals surface area (Å²) in [4.78, 5) is 11.3. The zero-order valence-corrected chi connectivity index (χ0v) is 14.1. The molecule has 1 aromatic rings. The summed E-state index contributed by atoms with van der Waals surface area (Å²) in [5.74, 6) is -0.474. The average molecular weight is 341 g/mol. The highest BCUT2D eigenvalue weighted by atomic mass is 32.2. The summed E-state index contributed by atoms with van der Waals surface area (Å²) in [6.07, 6.45) is 4.09. The van der Waals surface area contributed by atoms with Crippen LogP contribution in [0, 0.1) is 0 Å². The molecular weight excluding hydrogens is 318 g/mol. The van der Waals surface area contributed by atoms with E-state index < -0.39 is 22.0 Å². The lowest BCUT2D eigenvalue weighted by Gasteiger charge is -2.21. The molecule has 2 rings (SSSR count). The summed E-state index contributed by atoms with van der Waals surface area (Å²) >= 11 is 0. The van der Waals surface area contributed by atoms with Crippen LogP contribution in [-0.4, -0.2) is 43.0 Å². The quantitative estimate of drug-likeness (QED) is 0.735. The van der Waals surface area contributed by atoms with E-state index in [9.17, 15) is 13.2 Å². The third kappa shape index (κ3) is 4.23. The molecule has 1 saturated heterocycles. The number of hydrogen-bond donors (Lipinski definition) is 1. The van der Waals surface area contributed by atoms with Gasteiger partial charge in [-0.25, -0.2) is 8.42 Å². The first-order valence-electron chi connectivity index (χ1n) is 7.94. The second-order valence-electron chi connectivity index (χ2n) is 5.64. The first-order valence-corrected chi connectivity index (χ1v) is 9.38. The van der Waals surface area contributed by atoms with E-state index in [0.717, 1.165) is 23.6 Å². The molecule has 0 bridgehead atoms. The summed E-state index contributed by atoms with van der Waals surface area (Å²) in [5, 5.41) is 9.15. The van der Waals surface area contributed by atoms with Crippen molar-refractivity contribution in [2.75, 3.05) is 13.2 Å². The predicted molar refractivity (Wildman–Crippen MR) is 86.0 cm³/mol. The predicted octanol–water partition coefficient (Wildman–Crippen LogP) is 2.49. The standard InChI is InChI=1S/C16H23NO5S/c1-2-3-4-12-22-13-7-9-14(10-8-13)23(20,21)17-11-5-6-15(17)16(18)19/h7-10,15H,2-6,11-12H2,1H3,(H,18,19). The second-order valence-corrected chi connectivity index (χ2v) is 7.53. The van der Waals surface area contributed by atoms with Crippen molar-refractivity contribution in [3.8, 4) is 5.75 Å². The molecule has 1 aliphatic rings. The molecule has 1 aromatic carbocycles. The molecular formula is C16H23NO5S. The molecule has 0 aliphatic carbocycles. The lowest BCUT2D eigenvalue weighted by molar-refractivity contribution is -0.140. The molecule has 1 fully saturated rings. The van der Waals surface area contributed by atoms with Crippen molar-refractivity contribution in [1.29, 1.82) is 0 Å². The van der Waals surface area contributed by atoms with E-state index in [1.165, 1.54) is 12.1 Å². The van der Waals surface area contributed by atoms with Crippen molar-refractivity contribution in [1.82, 2.24) is 4.31 Å². The first kappa shape index (κ1) is 17.7. The molecule has 0 aromatic heterocycles. The summed E-state index contributed by atoms with van der Waals surface area (Å²) < 4.78 is 31.8. The zero-order chi connectivity index (χ0) is 16.9. The van der Waals surface area contributed by atoms with Crippen LogP contribution >= 0.6 is 0 Å². The number of ether oxygens (including phenoxy) is 1. The van der Waals surface area contributed by atoms with Gasteiger partial charge in [-0.1, -0.05) is 19.8 Å². The molecule has 1 atom stereocenters. The molecule has 0 spiro atoms. The van der Waals surface area contributed by atoms with Crippen LogP contribution in [-0.2, 0) is 14.8 Å². The Labute approximate surface area is 137 Å². The molecule has 7 heteroatoms. The van der Waals surface area contributed by atoms with Crippen LogP contribution in [0.5, 0.6) is 5.75 Å². The lowest BCUT2D eigenvalue weighted by Crippen LogP contribution is -2.40. The van der Waals surface area contributed by atoms with Crippen LogP contribution in [0.4, 0.5) is 0 Å². The van der Waals surface area contributed by atoms with E-state index in [1.807, 2.05) is 0 Å². The van der Waals surface area contributed by atoms with Crippen LogP contribution in [0.15, 0.2) is 29.2 Å². The summed E-state index contributed by atoms with van der Waals surface area (Å²) in [7, 11) is -3.78. The number of carboxylic acids is 1. The number of rotatable bonds is 8. The molecule has 128 valence electrons. The minimum absolute atomic E-state index is 0.103. The Bertz CT molecular complexity index is 626. The van der Waals surface area contributed by atoms with Gasteiger partial charge >= 0.3 is 5.97 Å². The van der Waals surface area contributed by atoms with E-state index in [0.29, 0.717) is 25.2 Å². The maximum absolute atomic E-state index is 12.6. The zero-order valence-electron chi connectivity index (χ0n) is 13.3.